The van der Waals surface area contributed by atoms with Crippen LogP contribution >= 0.6 is 0 Å². The van der Waals surface area contributed by atoms with Crippen molar-refractivity contribution in [2.24, 2.45) is 0 Å². The number of halogens is 3. The Labute approximate surface area is 128 Å². The molecule has 0 radical (unpaired) electrons. The van der Waals surface area contributed by atoms with Gasteiger partial charge in [0.1, 0.15) is 10.5 Å². The molecule has 1 aromatic rings. The molecule has 0 amide bonds. The zero-order valence-electron chi connectivity index (χ0n) is 13.1. The quantitative estimate of drug-likeness (QED) is 0.514. The molecular formula is C16H25F3OSi. The molecule has 5 heteroatoms. The van der Waals surface area contributed by atoms with Crippen LogP contribution in [0.4, 0.5) is 13.2 Å². The first kappa shape index (κ1) is 18.2. The van der Waals surface area contributed by atoms with Crippen LogP contribution in [-0.4, -0.2) is 16.1 Å². The van der Waals surface area contributed by atoms with Crippen molar-refractivity contribution in [3.05, 3.63) is 35.4 Å². The lowest BCUT2D eigenvalue weighted by molar-refractivity contribution is -0.137. The summed E-state index contributed by atoms with van der Waals surface area (Å²) in [7, 11) is 0.766. The molecule has 0 saturated carbocycles. The third kappa shape index (κ3) is 7.13. The van der Waals surface area contributed by atoms with Crippen LogP contribution in [0.3, 0.4) is 0 Å². The Hall–Kier alpha value is -0.813. The molecule has 0 heterocycles. The Bertz CT molecular complexity index is 413. The molecule has 1 aromatic carbocycles. The van der Waals surface area contributed by atoms with Gasteiger partial charge in [-0.3, -0.25) is 0 Å². The molecule has 1 rings (SSSR count). The number of alkyl halides is 3. The summed E-state index contributed by atoms with van der Waals surface area (Å²) >= 11 is 0. The molecule has 0 fully saturated rings. The Morgan fingerprint density at radius 2 is 1.52 bits per heavy atom. The fraction of sp³-hybridized carbons (Fsp3) is 0.625. The maximum absolute atomic E-state index is 12.4. The molecule has 0 saturated heterocycles. The lowest BCUT2D eigenvalue weighted by Gasteiger charge is -2.23. The monoisotopic (exact) mass is 318 g/mol. The van der Waals surface area contributed by atoms with Crippen molar-refractivity contribution in [1.29, 1.82) is 0 Å². The van der Waals surface area contributed by atoms with E-state index in [0.29, 0.717) is 0 Å². The predicted molar refractivity (Wildman–Crippen MR) is 83.3 cm³/mol. The maximum Gasteiger partial charge on any atom is 0.416 e. The highest BCUT2D eigenvalue weighted by molar-refractivity contribution is 5.98. The summed E-state index contributed by atoms with van der Waals surface area (Å²) in [5, 5.41) is 0. The Balaban J connectivity index is 2.22. The van der Waals surface area contributed by atoms with Crippen molar-refractivity contribution in [1.82, 2.24) is 0 Å². The van der Waals surface area contributed by atoms with E-state index in [1.807, 2.05) is 0 Å². The van der Waals surface area contributed by atoms with E-state index < -0.39 is 11.7 Å². The van der Waals surface area contributed by atoms with Gasteiger partial charge in [-0.1, -0.05) is 31.4 Å². The predicted octanol–water partition coefficient (Wildman–Crippen LogP) is 4.27. The van der Waals surface area contributed by atoms with Gasteiger partial charge in [0.05, 0.1) is 5.56 Å². The second-order valence-electron chi connectivity index (χ2n) is 6.07. The van der Waals surface area contributed by atoms with Crippen LogP contribution in [0, 0.1) is 0 Å². The molecule has 0 aliphatic heterocycles. The SMILES string of the molecule is CC(C)(CCCCCCc1ccc(C(F)(F)F)cc1)O[SiH3]. The molecule has 0 aromatic heterocycles. The molecular weight excluding hydrogens is 293 g/mol. The molecule has 0 aliphatic rings. The van der Waals surface area contributed by atoms with E-state index in [1.54, 1.807) is 12.1 Å². The van der Waals surface area contributed by atoms with Crippen molar-refractivity contribution in [2.45, 2.75) is 64.1 Å². The standard InChI is InChI=1S/C16H25F3OSi/c1-15(2,20-21)12-6-4-3-5-7-13-8-10-14(11-9-13)16(17,18)19/h8-11H,3-7,12H2,1-2,21H3. The van der Waals surface area contributed by atoms with E-state index in [9.17, 15) is 13.2 Å². The summed E-state index contributed by atoms with van der Waals surface area (Å²) in [6.45, 7) is 4.23. The first-order chi connectivity index (χ1) is 9.74. The van der Waals surface area contributed by atoms with Gasteiger partial charge < -0.3 is 4.43 Å². The molecule has 0 unspecified atom stereocenters. The van der Waals surface area contributed by atoms with Crippen molar-refractivity contribution >= 4 is 10.5 Å². The van der Waals surface area contributed by atoms with E-state index in [2.05, 4.69) is 13.8 Å². The van der Waals surface area contributed by atoms with Gasteiger partial charge in [-0.25, -0.2) is 0 Å². The Morgan fingerprint density at radius 1 is 0.952 bits per heavy atom. The van der Waals surface area contributed by atoms with E-state index in [-0.39, 0.29) is 5.60 Å². The molecule has 0 atom stereocenters. The van der Waals surface area contributed by atoms with Crippen LogP contribution in [-0.2, 0) is 17.0 Å². The number of hydrogen-bond acceptors (Lipinski definition) is 1. The zero-order chi connectivity index (χ0) is 15.9. The average Bonchev–Trinajstić information content (AvgIpc) is 2.42. The summed E-state index contributed by atoms with van der Waals surface area (Å²) in [5.74, 6) is 0. The van der Waals surface area contributed by atoms with E-state index in [0.717, 1.165) is 54.6 Å². The Morgan fingerprint density at radius 3 is 2.05 bits per heavy atom. The smallest absolute Gasteiger partial charge is 0.416 e. The first-order valence-corrected chi connectivity index (χ1v) is 8.27. The van der Waals surface area contributed by atoms with Gasteiger partial charge in [-0.2, -0.15) is 13.2 Å². The number of unbranched alkanes of at least 4 members (excludes halogenated alkanes) is 3. The number of rotatable bonds is 8. The van der Waals surface area contributed by atoms with Gasteiger partial charge in [0, 0.05) is 5.60 Å². The van der Waals surface area contributed by atoms with Gasteiger partial charge in [0.2, 0.25) is 0 Å². The van der Waals surface area contributed by atoms with Crippen LogP contribution in [0.5, 0.6) is 0 Å². The molecule has 1 nitrogen and oxygen atoms in total. The van der Waals surface area contributed by atoms with Gasteiger partial charge in [0.15, 0.2) is 0 Å². The van der Waals surface area contributed by atoms with Crippen molar-refractivity contribution in [3.8, 4) is 0 Å². The largest absolute Gasteiger partial charge is 0.423 e. The average molecular weight is 318 g/mol. The third-order valence-corrected chi connectivity index (χ3v) is 4.93. The summed E-state index contributed by atoms with van der Waals surface area (Å²) in [6, 6.07) is 5.50. The van der Waals surface area contributed by atoms with Crippen LogP contribution in [0.25, 0.3) is 0 Å². The highest BCUT2D eigenvalue weighted by Crippen LogP contribution is 2.29. The van der Waals surface area contributed by atoms with Gasteiger partial charge in [0.25, 0.3) is 0 Å². The summed E-state index contributed by atoms with van der Waals surface area (Å²) in [6.07, 6.45) is 2.09. The minimum Gasteiger partial charge on any atom is -0.423 e. The van der Waals surface area contributed by atoms with Crippen LogP contribution < -0.4 is 0 Å². The number of benzene rings is 1. The minimum absolute atomic E-state index is 0.000349. The second-order valence-corrected chi connectivity index (χ2v) is 6.48. The lowest BCUT2D eigenvalue weighted by Crippen LogP contribution is -2.22. The fourth-order valence-electron chi connectivity index (χ4n) is 2.20. The molecule has 0 N–H and O–H groups in total. The van der Waals surface area contributed by atoms with Crippen LogP contribution in [0.1, 0.15) is 57.1 Å². The molecule has 120 valence electrons. The highest BCUT2D eigenvalue weighted by Gasteiger charge is 2.29. The zero-order valence-corrected chi connectivity index (χ0v) is 15.1. The van der Waals surface area contributed by atoms with Crippen molar-refractivity contribution in [3.63, 3.8) is 0 Å². The van der Waals surface area contributed by atoms with Gasteiger partial charge in [-0.15, -0.1) is 0 Å². The van der Waals surface area contributed by atoms with E-state index in [4.69, 9.17) is 4.43 Å². The molecule has 21 heavy (non-hydrogen) atoms. The van der Waals surface area contributed by atoms with Gasteiger partial charge >= 0.3 is 6.18 Å². The minimum atomic E-state index is -4.24. The molecule has 0 bridgehead atoms. The van der Waals surface area contributed by atoms with Crippen molar-refractivity contribution in [2.75, 3.05) is 0 Å². The van der Waals surface area contributed by atoms with Crippen LogP contribution in [0.2, 0.25) is 0 Å². The number of hydrogen-bond donors (Lipinski definition) is 0. The van der Waals surface area contributed by atoms with Crippen molar-refractivity contribution < 1.29 is 17.6 Å². The summed E-state index contributed by atoms with van der Waals surface area (Å²) in [4.78, 5) is 0. The summed E-state index contributed by atoms with van der Waals surface area (Å²) < 4.78 is 42.8. The topological polar surface area (TPSA) is 9.23 Å². The third-order valence-electron chi connectivity index (χ3n) is 3.83. The molecule has 0 aliphatic carbocycles. The second kappa shape index (κ2) is 7.99. The fourth-order valence-corrected chi connectivity index (χ4v) is 2.40. The molecule has 0 spiro atoms. The van der Waals surface area contributed by atoms with E-state index in [1.165, 1.54) is 12.1 Å². The first-order valence-electron chi connectivity index (χ1n) is 7.46. The highest BCUT2D eigenvalue weighted by atomic mass is 28.2. The van der Waals surface area contributed by atoms with Gasteiger partial charge in [-0.05, 0) is 50.8 Å². The summed E-state index contributed by atoms with van der Waals surface area (Å²) in [5.41, 5.74) is 0.405. The normalized spacial score (nSPS) is 12.8. The maximum atomic E-state index is 12.4. The Kier molecular flexibility index (Phi) is 6.94. The number of aryl methyl sites for hydroxylation is 1. The van der Waals surface area contributed by atoms with Crippen LogP contribution in [0.15, 0.2) is 24.3 Å². The lowest BCUT2D eigenvalue weighted by atomic mass is 9.99. The van der Waals surface area contributed by atoms with E-state index >= 15 is 0 Å².